The molecule has 134 valence electrons. The number of hydrogen-bond acceptors (Lipinski definition) is 3. The van der Waals surface area contributed by atoms with Gasteiger partial charge in [0.25, 0.3) is 0 Å². The van der Waals surface area contributed by atoms with Crippen molar-refractivity contribution in [3.8, 4) is 5.75 Å². The summed E-state index contributed by atoms with van der Waals surface area (Å²) in [7, 11) is 0. The Labute approximate surface area is 139 Å². The summed E-state index contributed by atoms with van der Waals surface area (Å²) in [5.74, 6) is 0.394. The average molecular weight is 345 g/mol. The molecule has 1 aromatic carbocycles. The summed E-state index contributed by atoms with van der Waals surface area (Å²) in [6, 6.07) is 7.47. The summed E-state index contributed by atoms with van der Waals surface area (Å²) in [5, 5.41) is 2.68. The number of carbonyl (C=O) groups excluding carboxylic acids is 1. The Balaban J connectivity index is 1.74. The van der Waals surface area contributed by atoms with Crippen LogP contribution in [0.1, 0.15) is 37.7 Å². The molecule has 0 aliphatic heterocycles. The van der Waals surface area contributed by atoms with Crippen LogP contribution in [0, 0.1) is 0 Å². The second-order valence-corrected chi connectivity index (χ2v) is 5.83. The third-order valence-corrected chi connectivity index (χ3v) is 3.78. The minimum Gasteiger partial charge on any atom is -0.490 e. The summed E-state index contributed by atoms with van der Waals surface area (Å²) in [4.78, 5) is 11.7. The molecule has 0 aromatic heterocycles. The van der Waals surface area contributed by atoms with Crippen LogP contribution in [0.2, 0.25) is 0 Å². The maximum absolute atomic E-state index is 11.9. The van der Waals surface area contributed by atoms with E-state index in [0.29, 0.717) is 0 Å². The molecule has 0 spiro atoms. The second kappa shape index (κ2) is 8.92. The Morgan fingerprint density at radius 1 is 1.21 bits per heavy atom. The highest BCUT2D eigenvalue weighted by molar-refractivity contribution is 5.76. The highest BCUT2D eigenvalue weighted by Gasteiger charge is 2.27. The van der Waals surface area contributed by atoms with E-state index in [-0.39, 0.29) is 31.6 Å². The fourth-order valence-electron chi connectivity index (χ4n) is 2.59. The van der Waals surface area contributed by atoms with Gasteiger partial charge in [-0.05, 0) is 31.7 Å². The fraction of sp³-hybridized carbons (Fsp3) is 0.588. The minimum atomic E-state index is -4.37. The molecule has 1 saturated carbocycles. The number of nitrogens with one attached hydrogen (secondary N) is 1. The number of rotatable bonds is 8. The molecular formula is C17H22F3NO3. The Bertz CT molecular complexity index is 528. The largest absolute Gasteiger partial charge is 0.490 e. The molecule has 0 heterocycles. The van der Waals surface area contributed by atoms with Crippen LogP contribution in [0.4, 0.5) is 13.2 Å². The molecule has 1 aromatic rings. The maximum atomic E-state index is 11.9. The van der Waals surface area contributed by atoms with Gasteiger partial charge in [-0.15, -0.1) is 0 Å². The van der Waals surface area contributed by atoms with E-state index >= 15 is 0 Å². The van der Waals surface area contributed by atoms with E-state index in [1.807, 2.05) is 24.3 Å². The normalized spacial score (nSPS) is 15.5. The van der Waals surface area contributed by atoms with Gasteiger partial charge < -0.3 is 14.8 Å². The lowest BCUT2D eigenvalue weighted by Gasteiger charge is -2.16. The first-order valence-corrected chi connectivity index (χ1v) is 8.10. The summed E-state index contributed by atoms with van der Waals surface area (Å²) < 4.78 is 46.2. The molecule has 0 atom stereocenters. The summed E-state index contributed by atoms with van der Waals surface area (Å²) in [6.45, 7) is -1.31. The third-order valence-electron chi connectivity index (χ3n) is 3.78. The lowest BCUT2D eigenvalue weighted by Crippen LogP contribution is -2.25. The zero-order chi connectivity index (χ0) is 17.4. The number of halogens is 3. The number of amides is 1. The molecule has 2 rings (SSSR count). The van der Waals surface area contributed by atoms with Crippen LogP contribution >= 0.6 is 0 Å². The monoisotopic (exact) mass is 345 g/mol. The van der Waals surface area contributed by atoms with Crippen LogP contribution in [0.5, 0.6) is 5.75 Å². The number of hydrogen-bond donors (Lipinski definition) is 1. The molecule has 0 radical (unpaired) electrons. The molecular weight excluding hydrogens is 323 g/mol. The van der Waals surface area contributed by atoms with Gasteiger partial charge in [-0.25, -0.2) is 0 Å². The molecule has 1 amide bonds. The van der Waals surface area contributed by atoms with Crippen molar-refractivity contribution in [3.05, 3.63) is 29.8 Å². The van der Waals surface area contributed by atoms with Gasteiger partial charge in [0.2, 0.25) is 5.91 Å². The predicted molar refractivity (Wildman–Crippen MR) is 82.7 cm³/mol. The van der Waals surface area contributed by atoms with E-state index in [4.69, 9.17) is 4.74 Å². The Morgan fingerprint density at radius 2 is 1.92 bits per heavy atom. The van der Waals surface area contributed by atoms with Gasteiger partial charge in [0, 0.05) is 18.5 Å². The van der Waals surface area contributed by atoms with Crippen molar-refractivity contribution in [2.45, 2.75) is 50.9 Å². The van der Waals surface area contributed by atoms with Crippen molar-refractivity contribution in [1.82, 2.24) is 5.32 Å². The number of carbonyl (C=O) groups is 1. The van der Waals surface area contributed by atoms with Crippen molar-refractivity contribution < 1.29 is 27.4 Å². The second-order valence-electron chi connectivity index (χ2n) is 5.83. The van der Waals surface area contributed by atoms with Gasteiger partial charge >= 0.3 is 6.18 Å². The van der Waals surface area contributed by atoms with E-state index < -0.39 is 12.8 Å². The predicted octanol–water partition coefficient (Wildman–Crippen LogP) is 3.59. The molecule has 1 aliphatic carbocycles. The SMILES string of the molecule is O=C(CCOCC(F)(F)F)NCc1ccccc1OC1CCCC1. The lowest BCUT2D eigenvalue weighted by molar-refractivity contribution is -0.174. The summed E-state index contributed by atoms with van der Waals surface area (Å²) in [5.41, 5.74) is 0.856. The lowest BCUT2D eigenvalue weighted by atomic mass is 10.2. The zero-order valence-corrected chi connectivity index (χ0v) is 13.4. The molecule has 1 N–H and O–H groups in total. The van der Waals surface area contributed by atoms with E-state index in [1.54, 1.807) is 0 Å². The van der Waals surface area contributed by atoms with Crippen LogP contribution in [-0.2, 0) is 16.1 Å². The van der Waals surface area contributed by atoms with Crippen molar-refractivity contribution in [2.75, 3.05) is 13.2 Å². The average Bonchev–Trinajstić information content (AvgIpc) is 3.03. The number of ether oxygens (including phenoxy) is 2. The van der Waals surface area contributed by atoms with Gasteiger partial charge in [-0.1, -0.05) is 18.2 Å². The van der Waals surface area contributed by atoms with Crippen LogP contribution < -0.4 is 10.1 Å². The first kappa shape index (κ1) is 18.6. The smallest absolute Gasteiger partial charge is 0.411 e. The molecule has 0 unspecified atom stereocenters. The van der Waals surface area contributed by atoms with E-state index in [9.17, 15) is 18.0 Å². The topological polar surface area (TPSA) is 47.6 Å². The molecule has 7 heteroatoms. The molecule has 24 heavy (non-hydrogen) atoms. The summed E-state index contributed by atoms with van der Waals surface area (Å²) in [6.07, 6.45) is 0.157. The van der Waals surface area contributed by atoms with Crippen LogP contribution in [0.15, 0.2) is 24.3 Å². The summed E-state index contributed by atoms with van der Waals surface area (Å²) >= 11 is 0. The Kier molecular flexibility index (Phi) is 6.90. The minimum absolute atomic E-state index is 0.109. The quantitative estimate of drug-likeness (QED) is 0.733. The highest BCUT2D eigenvalue weighted by Crippen LogP contribution is 2.26. The Hall–Kier alpha value is -1.76. The van der Waals surface area contributed by atoms with Crippen molar-refractivity contribution in [3.63, 3.8) is 0 Å². The molecule has 1 aliphatic rings. The van der Waals surface area contributed by atoms with Crippen LogP contribution in [0.25, 0.3) is 0 Å². The first-order chi connectivity index (χ1) is 11.4. The van der Waals surface area contributed by atoms with E-state index in [2.05, 4.69) is 10.1 Å². The molecule has 0 saturated heterocycles. The van der Waals surface area contributed by atoms with Crippen molar-refractivity contribution >= 4 is 5.91 Å². The van der Waals surface area contributed by atoms with Crippen LogP contribution in [-0.4, -0.2) is 31.4 Å². The number of alkyl halides is 3. The number of para-hydroxylation sites is 1. The van der Waals surface area contributed by atoms with Crippen LogP contribution in [0.3, 0.4) is 0 Å². The molecule has 4 nitrogen and oxygen atoms in total. The highest BCUT2D eigenvalue weighted by atomic mass is 19.4. The third kappa shape index (κ3) is 6.78. The number of benzene rings is 1. The van der Waals surface area contributed by atoms with Gasteiger partial charge in [-0.3, -0.25) is 4.79 Å². The first-order valence-electron chi connectivity index (χ1n) is 8.10. The van der Waals surface area contributed by atoms with Gasteiger partial charge in [0.1, 0.15) is 12.4 Å². The van der Waals surface area contributed by atoms with Gasteiger partial charge in [-0.2, -0.15) is 13.2 Å². The molecule has 1 fully saturated rings. The van der Waals surface area contributed by atoms with E-state index in [0.717, 1.165) is 24.2 Å². The van der Waals surface area contributed by atoms with Crippen molar-refractivity contribution in [1.29, 1.82) is 0 Å². The zero-order valence-electron chi connectivity index (χ0n) is 13.4. The Morgan fingerprint density at radius 3 is 2.62 bits per heavy atom. The fourth-order valence-corrected chi connectivity index (χ4v) is 2.59. The van der Waals surface area contributed by atoms with Crippen molar-refractivity contribution in [2.24, 2.45) is 0 Å². The van der Waals surface area contributed by atoms with E-state index in [1.165, 1.54) is 12.8 Å². The van der Waals surface area contributed by atoms with Gasteiger partial charge in [0.05, 0.1) is 12.7 Å². The van der Waals surface area contributed by atoms with Gasteiger partial charge in [0.15, 0.2) is 0 Å². The molecule has 0 bridgehead atoms. The maximum Gasteiger partial charge on any atom is 0.411 e. The standard InChI is InChI=1S/C17H22F3NO3/c18-17(19,20)12-23-10-9-16(22)21-11-13-5-1-4-8-15(13)24-14-6-2-3-7-14/h1,4-5,8,14H,2-3,6-7,9-12H2,(H,21,22).